The maximum absolute atomic E-state index is 13.8. The molecule has 4 aromatic rings. The molecule has 2 aromatic carbocycles. The van der Waals surface area contributed by atoms with Gasteiger partial charge in [0.1, 0.15) is 28.6 Å². The number of ether oxygens (including phenoxy) is 1. The molecule has 1 amide bonds. The van der Waals surface area contributed by atoms with Gasteiger partial charge in [-0.05, 0) is 108 Å². The number of amides is 1. The minimum absolute atomic E-state index is 0.0475. The summed E-state index contributed by atoms with van der Waals surface area (Å²) in [4.78, 5) is 41.6. The third kappa shape index (κ3) is 11.2. The zero-order chi connectivity index (χ0) is 40.0. The Bertz CT molecular complexity index is 2130. The topological polar surface area (TPSA) is 166 Å². The van der Waals surface area contributed by atoms with Crippen LogP contribution in [0, 0.1) is 25.5 Å². The van der Waals surface area contributed by atoms with Gasteiger partial charge in [0.05, 0.1) is 13.1 Å². The number of hydrogen-bond acceptors (Lipinski definition) is 11. The van der Waals surface area contributed by atoms with Gasteiger partial charge in [-0.1, -0.05) is 31.9 Å². The molecule has 2 fully saturated rings. The summed E-state index contributed by atoms with van der Waals surface area (Å²) >= 11 is 6.83. The van der Waals surface area contributed by atoms with Crippen LogP contribution in [0.3, 0.4) is 0 Å². The molecule has 4 heterocycles. The third-order valence-corrected chi connectivity index (χ3v) is 10.6. The molecule has 0 bridgehead atoms. The van der Waals surface area contributed by atoms with Crippen molar-refractivity contribution in [3.63, 3.8) is 0 Å². The van der Waals surface area contributed by atoms with Crippen molar-refractivity contribution in [1.82, 2.24) is 34.8 Å². The molecule has 2 atom stereocenters. The molecule has 55 heavy (non-hydrogen) atoms. The Morgan fingerprint density at radius 3 is 1.76 bits per heavy atom. The summed E-state index contributed by atoms with van der Waals surface area (Å²) in [6, 6.07) is 8.66. The number of anilines is 2. The highest BCUT2D eigenvalue weighted by molar-refractivity contribution is 9.10. The number of aromatic nitrogens is 6. The number of nitrogens with two attached hydrogens (primary N) is 1. The monoisotopic (exact) mass is 890 g/mol. The largest absolute Gasteiger partial charge is 0.444 e. The van der Waals surface area contributed by atoms with Crippen LogP contribution < -0.4 is 32.0 Å². The summed E-state index contributed by atoms with van der Waals surface area (Å²) in [6.07, 6.45) is 3.00. The van der Waals surface area contributed by atoms with Crippen molar-refractivity contribution >= 4 is 49.8 Å². The van der Waals surface area contributed by atoms with Crippen LogP contribution in [0.15, 0.2) is 54.9 Å². The van der Waals surface area contributed by atoms with Gasteiger partial charge in [0.2, 0.25) is 11.9 Å². The lowest BCUT2D eigenvalue weighted by Gasteiger charge is -2.35. The summed E-state index contributed by atoms with van der Waals surface area (Å²) in [5.41, 5.74) is 6.81. The normalized spacial score (nSPS) is 17.3. The van der Waals surface area contributed by atoms with E-state index < -0.39 is 11.7 Å². The van der Waals surface area contributed by atoms with Crippen LogP contribution in [-0.2, 0) is 17.8 Å². The second-order valence-corrected chi connectivity index (χ2v) is 16.4. The maximum atomic E-state index is 13.8. The van der Waals surface area contributed by atoms with Gasteiger partial charge < -0.3 is 25.6 Å². The molecule has 6 rings (SSSR count). The predicted octanol–water partition coefficient (Wildman–Crippen LogP) is 5.21. The molecule has 2 aliphatic rings. The first-order valence-electron chi connectivity index (χ1n) is 18.0. The summed E-state index contributed by atoms with van der Waals surface area (Å²) in [5.74, 6) is 0.145. The van der Waals surface area contributed by atoms with Gasteiger partial charge in [-0.3, -0.25) is 18.7 Å². The number of aryl methyl sites for hydroxylation is 2. The molecule has 14 nitrogen and oxygen atoms in total. The smallest absolute Gasteiger partial charge is 0.407 e. The van der Waals surface area contributed by atoms with Crippen LogP contribution in [0.5, 0.6) is 0 Å². The Balaban J connectivity index is 0.000000218. The highest BCUT2D eigenvalue weighted by atomic mass is 79.9. The Kier molecular flexibility index (Phi) is 13.8. The zero-order valence-corrected chi connectivity index (χ0v) is 34.7. The lowest BCUT2D eigenvalue weighted by Crippen LogP contribution is -2.50. The summed E-state index contributed by atoms with van der Waals surface area (Å²) in [6.45, 7) is 11.5. The molecule has 0 unspecified atom stereocenters. The summed E-state index contributed by atoms with van der Waals surface area (Å²) in [7, 11) is 0. The molecule has 2 aliphatic heterocycles. The van der Waals surface area contributed by atoms with E-state index in [-0.39, 0.29) is 53.6 Å². The van der Waals surface area contributed by atoms with Crippen molar-refractivity contribution in [2.75, 3.05) is 36.0 Å². The average Bonchev–Trinajstić information content (AvgIpc) is 3.11. The van der Waals surface area contributed by atoms with Gasteiger partial charge in [0.25, 0.3) is 11.1 Å². The number of nitrogens with one attached hydrogen (secondary N) is 1. The lowest BCUT2D eigenvalue weighted by molar-refractivity contribution is 0.0499. The zero-order valence-electron chi connectivity index (χ0n) is 31.5. The first-order chi connectivity index (χ1) is 26.0. The fourth-order valence-electron chi connectivity index (χ4n) is 6.37. The van der Waals surface area contributed by atoms with Gasteiger partial charge in [-0.25, -0.2) is 13.6 Å². The van der Waals surface area contributed by atoms with E-state index in [9.17, 15) is 23.2 Å². The van der Waals surface area contributed by atoms with Gasteiger partial charge in [0.15, 0.2) is 0 Å². The van der Waals surface area contributed by atoms with Gasteiger partial charge in [0, 0.05) is 47.2 Å². The number of rotatable bonds is 7. The number of carbonyl (C=O) groups is 1. The van der Waals surface area contributed by atoms with E-state index in [1.54, 1.807) is 30.5 Å². The molecule has 296 valence electrons. The highest BCUT2D eigenvalue weighted by Gasteiger charge is 2.28. The number of piperidine rings is 2. The number of carbonyl (C=O) groups excluding carboxylic acids is 1. The van der Waals surface area contributed by atoms with Crippen LogP contribution in [0.25, 0.3) is 0 Å². The van der Waals surface area contributed by atoms with Crippen molar-refractivity contribution in [2.24, 2.45) is 5.73 Å². The number of nitrogens with zero attached hydrogens (tertiary/aromatic N) is 8. The van der Waals surface area contributed by atoms with Crippen LogP contribution in [-0.4, -0.2) is 79.5 Å². The first kappa shape index (κ1) is 41.9. The standard InChI is InChI=1S/C21H27BrFN5O3.C16H19BrFN5O/c1-13-18(29)28(11-14-10-15(23)7-8-17(14)22)19(26-25-13)27-9-5-6-16(12-27)24-20(30)31-21(2,3)4;1-10-15(24)23(8-11-7-12(18)4-5-14(11)17)16(21-20-10)22-6-2-3-13(19)9-22/h7-8,10,16H,5-6,9,11-12H2,1-4H3,(H,24,30);4-5,7,13H,2-3,6,8-9,19H2,1H3/t16-;13-/m11/s1. The Labute approximate surface area is 334 Å². The van der Waals surface area contributed by atoms with E-state index in [0.29, 0.717) is 52.8 Å². The van der Waals surface area contributed by atoms with Crippen LogP contribution in [0.1, 0.15) is 69.0 Å². The quantitative estimate of drug-likeness (QED) is 0.250. The molecule has 18 heteroatoms. The van der Waals surface area contributed by atoms with E-state index in [4.69, 9.17) is 10.5 Å². The van der Waals surface area contributed by atoms with Crippen molar-refractivity contribution in [2.45, 2.75) is 91.1 Å². The molecule has 0 spiro atoms. The molecule has 0 saturated carbocycles. The minimum atomic E-state index is -0.584. The van der Waals surface area contributed by atoms with Gasteiger partial charge >= 0.3 is 6.09 Å². The molecular formula is C37H46Br2F2N10O4. The molecule has 0 aliphatic carbocycles. The van der Waals surface area contributed by atoms with Crippen LogP contribution >= 0.6 is 31.9 Å². The fourth-order valence-corrected chi connectivity index (χ4v) is 7.11. The Morgan fingerprint density at radius 1 is 0.818 bits per heavy atom. The highest BCUT2D eigenvalue weighted by Crippen LogP contribution is 2.24. The van der Waals surface area contributed by atoms with Crippen molar-refractivity contribution in [1.29, 1.82) is 0 Å². The van der Waals surface area contributed by atoms with Gasteiger partial charge in [-0.2, -0.15) is 0 Å². The van der Waals surface area contributed by atoms with E-state index in [0.717, 1.165) is 36.7 Å². The van der Waals surface area contributed by atoms with Crippen LogP contribution in [0.4, 0.5) is 25.5 Å². The summed E-state index contributed by atoms with van der Waals surface area (Å²) in [5, 5.41) is 19.4. The number of alkyl carbamates (subject to hydrolysis) is 1. The average molecular weight is 893 g/mol. The lowest BCUT2D eigenvalue weighted by atomic mass is 10.1. The first-order valence-corrected chi connectivity index (χ1v) is 19.6. The number of hydrogen-bond donors (Lipinski definition) is 2. The van der Waals surface area contributed by atoms with E-state index in [2.05, 4.69) is 57.6 Å². The number of benzene rings is 2. The van der Waals surface area contributed by atoms with Crippen molar-refractivity contribution in [3.8, 4) is 0 Å². The van der Waals surface area contributed by atoms with E-state index >= 15 is 0 Å². The second kappa shape index (κ2) is 18.1. The van der Waals surface area contributed by atoms with Crippen molar-refractivity contribution in [3.05, 3.63) is 100 Å². The molecular weight excluding hydrogens is 846 g/mol. The van der Waals surface area contributed by atoms with E-state index in [1.807, 2.05) is 30.6 Å². The SMILES string of the molecule is Cc1nnc(N2CCC[C@@H](N)C2)n(Cc2cc(F)ccc2Br)c1=O.Cc1nnc(N2CCC[C@@H](NC(=O)OC(C)(C)C)C2)n(Cc2cc(F)ccc2Br)c1=O. The molecule has 0 radical (unpaired) electrons. The minimum Gasteiger partial charge on any atom is -0.444 e. The Hall–Kier alpha value is -4.29. The molecule has 2 aromatic heterocycles. The Morgan fingerprint density at radius 2 is 1.29 bits per heavy atom. The fraction of sp³-hybridized carbons (Fsp3) is 0.486. The van der Waals surface area contributed by atoms with E-state index in [1.165, 1.54) is 28.8 Å². The molecule has 3 N–H and O–H groups in total. The van der Waals surface area contributed by atoms with Crippen LogP contribution in [0.2, 0.25) is 0 Å². The molecule has 2 saturated heterocycles. The third-order valence-electron chi connectivity index (χ3n) is 9.01. The summed E-state index contributed by atoms with van der Waals surface area (Å²) < 4.78 is 37.2. The van der Waals surface area contributed by atoms with Crippen molar-refractivity contribution < 1.29 is 18.3 Å². The predicted molar refractivity (Wildman–Crippen MR) is 212 cm³/mol. The number of halogens is 4. The maximum Gasteiger partial charge on any atom is 0.407 e. The second-order valence-electron chi connectivity index (χ2n) is 14.7. The van der Waals surface area contributed by atoms with Gasteiger partial charge in [-0.15, -0.1) is 20.4 Å².